The van der Waals surface area contributed by atoms with E-state index in [0.717, 1.165) is 38.8 Å². The predicted octanol–water partition coefficient (Wildman–Crippen LogP) is 17.2. The molecule has 1 heterocycles. The van der Waals surface area contributed by atoms with Gasteiger partial charge in [0.05, 0.1) is 0 Å². The van der Waals surface area contributed by atoms with Gasteiger partial charge in [0.1, 0.15) is 0 Å². The smallest absolute Gasteiger partial charge is 0.164 e. The molecule has 0 unspecified atom stereocenters. The molecule has 0 fully saturated rings. The standard InChI is InChI=1S/C65H41N3/c1-3-16-42(17-4-1)43-32-38-47(39-33-43)64-66-63(46-18-5-2-6-19-46)67-65(68-64)61-25-12-11-24-57(61)54-29-14-27-52-51(26-13-28-53(52)54)50-21-8-7-20-48(50)44-34-36-45(37-35-44)49-40-41-60-56-23-10-9-22-55(56)59-31-15-30-58(49)62(59)60/h1-41H. The van der Waals surface area contributed by atoms with Gasteiger partial charge in [0.15, 0.2) is 17.5 Å². The zero-order chi connectivity index (χ0) is 45.0. The molecule has 3 heteroatoms. The van der Waals surface area contributed by atoms with Gasteiger partial charge >= 0.3 is 0 Å². The number of hydrogen-bond acceptors (Lipinski definition) is 3. The van der Waals surface area contributed by atoms with Gasteiger partial charge in [-0.1, -0.05) is 249 Å². The van der Waals surface area contributed by atoms with E-state index in [4.69, 9.17) is 15.0 Å². The van der Waals surface area contributed by atoms with Crippen molar-refractivity contribution >= 4 is 21.5 Å². The lowest BCUT2D eigenvalue weighted by Gasteiger charge is -2.17. The monoisotopic (exact) mass is 863 g/mol. The van der Waals surface area contributed by atoms with Gasteiger partial charge in [-0.2, -0.15) is 0 Å². The Labute approximate surface area is 395 Å². The van der Waals surface area contributed by atoms with Gasteiger partial charge in [-0.05, 0) is 99.4 Å². The molecule has 68 heavy (non-hydrogen) atoms. The summed E-state index contributed by atoms with van der Waals surface area (Å²) in [5.74, 6) is 1.89. The summed E-state index contributed by atoms with van der Waals surface area (Å²) in [5.41, 5.74) is 19.8. The maximum atomic E-state index is 5.22. The quantitative estimate of drug-likeness (QED) is 0.153. The van der Waals surface area contributed by atoms with Crippen molar-refractivity contribution in [3.05, 3.63) is 249 Å². The van der Waals surface area contributed by atoms with Crippen LogP contribution in [0.4, 0.5) is 0 Å². The van der Waals surface area contributed by atoms with Crippen molar-refractivity contribution in [2.75, 3.05) is 0 Å². The van der Waals surface area contributed by atoms with Crippen LogP contribution in [0.25, 0.3) is 134 Å². The SMILES string of the molecule is c1ccc(-c2ccc(-c3nc(-c4ccccc4)nc(-c4ccccc4-c4cccc5c(-c6ccccc6-c6ccc(-c7ccc8c9c(cccc79)-c7ccccc7-8)cc6)cccc45)n3)cc2)cc1. The van der Waals surface area contributed by atoms with Gasteiger partial charge in [-0.25, -0.2) is 15.0 Å². The molecule has 0 saturated carbocycles. The molecule has 0 bridgehead atoms. The molecule has 0 saturated heterocycles. The first-order valence-corrected chi connectivity index (χ1v) is 23.2. The average Bonchev–Trinajstić information content (AvgIpc) is 3.75. The van der Waals surface area contributed by atoms with Crippen LogP contribution in [0.2, 0.25) is 0 Å². The largest absolute Gasteiger partial charge is 0.208 e. The number of nitrogens with zero attached hydrogens (tertiary/aromatic N) is 3. The Morgan fingerprint density at radius 3 is 1.09 bits per heavy atom. The van der Waals surface area contributed by atoms with Crippen molar-refractivity contribution in [3.63, 3.8) is 0 Å². The fraction of sp³-hybridized carbons (Fsp3) is 0. The van der Waals surface area contributed by atoms with E-state index in [1.54, 1.807) is 0 Å². The van der Waals surface area contributed by atoms with Crippen LogP contribution in [0.5, 0.6) is 0 Å². The summed E-state index contributed by atoms with van der Waals surface area (Å²) < 4.78 is 0. The molecule has 0 aliphatic heterocycles. The maximum Gasteiger partial charge on any atom is 0.164 e. The van der Waals surface area contributed by atoms with E-state index in [2.05, 4.69) is 224 Å². The van der Waals surface area contributed by atoms with Crippen LogP contribution in [0.15, 0.2) is 249 Å². The molecular formula is C65H41N3. The Morgan fingerprint density at radius 2 is 0.500 bits per heavy atom. The topological polar surface area (TPSA) is 38.7 Å². The lowest BCUT2D eigenvalue weighted by molar-refractivity contribution is 1.07. The summed E-state index contributed by atoms with van der Waals surface area (Å²) in [5, 5.41) is 4.97. The summed E-state index contributed by atoms with van der Waals surface area (Å²) >= 11 is 0. The molecule has 12 aromatic rings. The highest BCUT2D eigenvalue weighted by Gasteiger charge is 2.23. The third-order valence-corrected chi connectivity index (χ3v) is 13.6. The highest BCUT2D eigenvalue weighted by atomic mass is 15.0. The van der Waals surface area contributed by atoms with Gasteiger partial charge in [0, 0.05) is 16.7 Å². The molecule has 1 aromatic heterocycles. The minimum absolute atomic E-state index is 0.626. The Morgan fingerprint density at radius 1 is 0.162 bits per heavy atom. The van der Waals surface area contributed by atoms with E-state index in [1.807, 2.05) is 24.3 Å². The van der Waals surface area contributed by atoms with Crippen LogP contribution in [-0.4, -0.2) is 15.0 Å². The Balaban J connectivity index is 0.885. The van der Waals surface area contributed by atoms with Gasteiger partial charge in [0.2, 0.25) is 0 Å². The third kappa shape index (κ3) is 6.71. The Kier molecular flexibility index (Phi) is 9.50. The molecule has 1 aliphatic carbocycles. The molecule has 0 spiro atoms. The molecule has 11 aromatic carbocycles. The molecule has 0 atom stereocenters. The molecule has 3 nitrogen and oxygen atoms in total. The average molecular weight is 864 g/mol. The lowest BCUT2D eigenvalue weighted by Crippen LogP contribution is -2.01. The molecular weight excluding hydrogens is 823 g/mol. The van der Waals surface area contributed by atoms with E-state index in [0.29, 0.717) is 17.5 Å². The molecule has 13 rings (SSSR count). The molecule has 0 radical (unpaired) electrons. The van der Waals surface area contributed by atoms with Gasteiger partial charge in [-0.15, -0.1) is 0 Å². The number of rotatable bonds is 8. The highest BCUT2D eigenvalue weighted by molar-refractivity contribution is 6.18. The van der Waals surface area contributed by atoms with Crippen LogP contribution in [0, 0.1) is 0 Å². The zero-order valence-corrected chi connectivity index (χ0v) is 37.0. The van der Waals surface area contributed by atoms with E-state index >= 15 is 0 Å². The Hall–Kier alpha value is -9.05. The molecule has 0 N–H and O–H groups in total. The first kappa shape index (κ1) is 39.3. The van der Waals surface area contributed by atoms with Crippen molar-refractivity contribution in [1.29, 1.82) is 0 Å². The van der Waals surface area contributed by atoms with Crippen molar-refractivity contribution in [3.8, 4) is 112 Å². The van der Waals surface area contributed by atoms with Crippen molar-refractivity contribution in [1.82, 2.24) is 15.0 Å². The van der Waals surface area contributed by atoms with Gasteiger partial charge < -0.3 is 0 Å². The molecule has 316 valence electrons. The van der Waals surface area contributed by atoms with E-state index in [9.17, 15) is 0 Å². The maximum absolute atomic E-state index is 5.22. The van der Waals surface area contributed by atoms with Crippen LogP contribution in [0.3, 0.4) is 0 Å². The van der Waals surface area contributed by atoms with Gasteiger partial charge in [-0.3, -0.25) is 0 Å². The summed E-state index contributed by atoms with van der Waals surface area (Å²) in [4.78, 5) is 15.5. The van der Waals surface area contributed by atoms with Crippen molar-refractivity contribution in [2.45, 2.75) is 0 Å². The molecule has 0 amide bonds. The van der Waals surface area contributed by atoms with E-state index in [-0.39, 0.29) is 0 Å². The van der Waals surface area contributed by atoms with Crippen molar-refractivity contribution < 1.29 is 0 Å². The number of benzene rings is 11. The van der Waals surface area contributed by atoms with Crippen LogP contribution >= 0.6 is 0 Å². The van der Waals surface area contributed by atoms with E-state index in [1.165, 1.54) is 77.4 Å². The fourth-order valence-corrected chi connectivity index (χ4v) is 10.3. The summed E-state index contributed by atoms with van der Waals surface area (Å²) in [7, 11) is 0. The molecule has 1 aliphatic rings. The number of hydrogen-bond donors (Lipinski definition) is 0. The summed E-state index contributed by atoms with van der Waals surface area (Å²) in [6, 6.07) is 88.9. The fourth-order valence-electron chi connectivity index (χ4n) is 10.3. The normalized spacial score (nSPS) is 11.5. The minimum atomic E-state index is 0.626. The number of fused-ring (bicyclic) bond motifs is 4. The third-order valence-electron chi connectivity index (χ3n) is 13.6. The van der Waals surface area contributed by atoms with Gasteiger partial charge in [0.25, 0.3) is 0 Å². The summed E-state index contributed by atoms with van der Waals surface area (Å²) in [6.45, 7) is 0. The second-order valence-electron chi connectivity index (χ2n) is 17.4. The van der Waals surface area contributed by atoms with Crippen molar-refractivity contribution in [2.24, 2.45) is 0 Å². The van der Waals surface area contributed by atoms with E-state index < -0.39 is 0 Å². The highest BCUT2D eigenvalue weighted by Crippen LogP contribution is 2.49. The van der Waals surface area contributed by atoms with Crippen LogP contribution in [0.1, 0.15) is 0 Å². The minimum Gasteiger partial charge on any atom is -0.208 e. The van der Waals surface area contributed by atoms with Crippen LogP contribution in [-0.2, 0) is 0 Å². The second kappa shape index (κ2) is 16.4. The first-order valence-electron chi connectivity index (χ1n) is 23.2. The second-order valence-corrected chi connectivity index (χ2v) is 17.4. The van der Waals surface area contributed by atoms with Crippen LogP contribution < -0.4 is 0 Å². The Bertz CT molecular complexity index is 3850. The predicted molar refractivity (Wildman–Crippen MR) is 283 cm³/mol. The summed E-state index contributed by atoms with van der Waals surface area (Å²) in [6.07, 6.45) is 0. The zero-order valence-electron chi connectivity index (χ0n) is 37.0. The first-order chi connectivity index (χ1) is 33.7. The number of aromatic nitrogens is 3. The lowest BCUT2D eigenvalue weighted by atomic mass is 9.88.